The van der Waals surface area contributed by atoms with Crippen molar-refractivity contribution >= 4 is 12.9 Å². The molecule has 0 aliphatic carbocycles. The molecule has 0 bridgehead atoms. The second kappa shape index (κ2) is 16.9. The molecule has 0 amide bonds. The number of hydrogen-bond acceptors (Lipinski definition) is 5. The molecule has 6 nitrogen and oxygen atoms in total. The van der Waals surface area contributed by atoms with E-state index >= 15 is 0 Å². The number of diazo groups is 1. The van der Waals surface area contributed by atoms with Gasteiger partial charge in [-0.1, -0.05) is 26.7 Å². The van der Waals surface area contributed by atoms with Crippen molar-refractivity contribution in [2.75, 3.05) is 39.5 Å². The topological polar surface area (TPSA) is 67.9 Å². The molecule has 0 radical (unpaired) electrons. The van der Waals surface area contributed by atoms with E-state index in [2.05, 4.69) is 24.1 Å². The highest BCUT2D eigenvalue weighted by Gasteiger charge is 2.20. The fourth-order valence-corrected chi connectivity index (χ4v) is 1.96. The van der Waals surface area contributed by atoms with E-state index in [0.29, 0.717) is 30.4 Å². The number of benzene rings is 1. The summed E-state index contributed by atoms with van der Waals surface area (Å²) in [5, 5.41) is 12.1. The maximum atomic E-state index is 9.75. The van der Waals surface area contributed by atoms with Gasteiger partial charge in [-0.25, -0.2) is 0 Å². The summed E-state index contributed by atoms with van der Waals surface area (Å²) in [4.78, 5) is 3.23. The van der Waals surface area contributed by atoms with E-state index in [1.165, 1.54) is 0 Å². The summed E-state index contributed by atoms with van der Waals surface area (Å²) in [6.45, 7) is 9.36. The lowest BCUT2D eigenvalue weighted by atomic mass is 10.2. The third-order valence-electron chi connectivity index (χ3n) is 3.41. The van der Waals surface area contributed by atoms with Gasteiger partial charge in [0.05, 0.1) is 32.5 Å². The molecule has 1 aromatic rings. The molecular formula is C18H30BF4N3O3. The number of morpholine rings is 1. The summed E-state index contributed by atoms with van der Waals surface area (Å²) in [7, 11) is -6.00. The molecule has 1 saturated heterocycles. The van der Waals surface area contributed by atoms with E-state index in [9.17, 15) is 17.3 Å². The average Bonchev–Trinajstić information content (AvgIpc) is 2.70. The van der Waals surface area contributed by atoms with Crippen LogP contribution in [0.25, 0.3) is 4.98 Å². The first-order valence-corrected chi connectivity index (χ1v) is 9.72. The van der Waals surface area contributed by atoms with Gasteiger partial charge in [0.15, 0.2) is 4.98 Å². The Morgan fingerprint density at radius 3 is 2.00 bits per heavy atom. The molecule has 0 unspecified atom stereocenters. The second-order valence-electron chi connectivity index (χ2n) is 5.99. The standard InChI is InChI=1S/C14H21N2O2.C4H9NO.BF4/c1-3-5-9-17-12-7-8-14(13(11-12)16-15)18-10-6-4-2;1-3-6-4-2-5-1;2-1(3,4)5/h7-8,11H,3-6,9-10H2,1-2H3;5H,1-4H2;/q+1;;-1. The number of nitrogens with one attached hydrogen (secondary N) is 1. The van der Waals surface area contributed by atoms with Crippen LogP contribution in [-0.4, -0.2) is 46.8 Å². The van der Waals surface area contributed by atoms with Crippen LogP contribution < -0.4 is 14.8 Å². The Labute approximate surface area is 169 Å². The molecule has 1 N–H and O–H groups in total. The zero-order chi connectivity index (χ0) is 22.0. The zero-order valence-electron chi connectivity index (χ0n) is 17.0. The fraction of sp³-hybridized carbons (Fsp3) is 0.667. The van der Waals surface area contributed by atoms with Gasteiger partial charge < -0.3 is 36.8 Å². The van der Waals surface area contributed by atoms with Crippen molar-refractivity contribution < 1.29 is 31.5 Å². The van der Waals surface area contributed by atoms with Gasteiger partial charge in [0.2, 0.25) is 11.1 Å². The summed E-state index contributed by atoms with van der Waals surface area (Å²) in [6.07, 6.45) is 4.17. The van der Waals surface area contributed by atoms with Crippen molar-refractivity contribution in [3.05, 3.63) is 23.2 Å². The van der Waals surface area contributed by atoms with Gasteiger partial charge in [-0.3, -0.25) is 0 Å². The van der Waals surface area contributed by atoms with E-state index in [1.807, 2.05) is 6.07 Å². The SMILES string of the molecule is C1COCCN1.CCCCOc1ccc(OCCCC)c([N+]#N)c1.F[B-](F)(F)F. The average molecular weight is 423 g/mol. The summed E-state index contributed by atoms with van der Waals surface area (Å²) < 4.78 is 55.1. The molecule has 1 fully saturated rings. The predicted octanol–water partition coefficient (Wildman–Crippen LogP) is 5.44. The summed E-state index contributed by atoms with van der Waals surface area (Å²) in [5.74, 6) is 1.30. The minimum atomic E-state index is -6.00. The Kier molecular flexibility index (Phi) is 15.7. The highest BCUT2D eigenvalue weighted by molar-refractivity contribution is 6.50. The number of halogens is 4. The molecule has 2 rings (SSSR count). The van der Waals surface area contributed by atoms with Crippen molar-refractivity contribution in [1.82, 2.24) is 5.32 Å². The number of rotatable bonds is 8. The van der Waals surface area contributed by atoms with Crippen LogP contribution in [0.2, 0.25) is 0 Å². The number of ether oxygens (including phenoxy) is 3. The lowest BCUT2D eigenvalue weighted by Gasteiger charge is -2.10. The van der Waals surface area contributed by atoms with E-state index in [4.69, 9.17) is 19.6 Å². The molecule has 1 aliphatic rings. The van der Waals surface area contributed by atoms with Gasteiger partial charge in [-0.05, 0) is 25.0 Å². The number of hydrogen-bond donors (Lipinski definition) is 1. The third kappa shape index (κ3) is 17.8. The zero-order valence-corrected chi connectivity index (χ0v) is 17.0. The van der Waals surface area contributed by atoms with Crippen molar-refractivity contribution in [2.24, 2.45) is 0 Å². The molecule has 0 saturated carbocycles. The first-order valence-electron chi connectivity index (χ1n) is 9.72. The lowest BCUT2D eigenvalue weighted by Crippen LogP contribution is -2.30. The van der Waals surface area contributed by atoms with Crippen molar-refractivity contribution in [2.45, 2.75) is 39.5 Å². The van der Waals surface area contributed by atoms with Crippen LogP contribution in [0.15, 0.2) is 18.2 Å². The largest absolute Gasteiger partial charge is 0.673 e. The van der Waals surface area contributed by atoms with Crippen LogP contribution in [0.3, 0.4) is 0 Å². The molecule has 29 heavy (non-hydrogen) atoms. The van der Waals surface area contributed by atoms with E-state index in [0.717, 1.165) is 52.0 Å². The maximum Gasteiger partial charge on any atom is 0.673 e. The molecular weight excluding hydrogens is 393 g/mol. The van der Waals surface area contributed by atoms with Crippen LogP contribution in [-0.2, 0) is 4.74 Å². The van der Waals surface area contributed by atoms with Crippen LogP contribution in [0.5, 0.6) is 11.5 Å². The Balaban J connectivity index is 0.000000578. The minimum absolute atomic E-state index is 0.417. The molecule has 0 atom stereocenters. The Bertz CT molecular complexity index is 565. The quantitative estimate of drug-likeness (QED) is 0.261. The van der Waals surface area contributed by atoms with Crippen molar-refractivity contribution in [1.29, 1.82) is 5.39 Å². The highest BCUT2D eigenvalue weighted by Crippen LogP contribution is 2.32. The first-order chi connectivity index (χ1) is 13.8. The Morgan fingerprint density at radius 1 is 1.03 bits per heavy atom. The molecule has 1 heterocycles. The van der Waals surface area contributed by atoms with Gasteiger partial charge in [0.25, 0.3) is 0 Å². The summed E-state index contributed by atoms with van der Waals surface area (Å²) >= 11 is 0. The fourth-order valence-electron chi connectivity index (χ4n) is 1.96. The molecule has 1 aliphatic heterocycles. The molecule has 0 spiro atoms. The summed E-state index contributed by atoms with van der Waals surface area (Å²) in [5.41, 5.74) is 0.417. The molecule has 1 aromatic carbocycles. The Morgan fingerprint density at radius 2 is 1.59 bits per heavy atom. The predicted molar refractivity (Wildman–Crippen MR) is 106 cm³/mol. The molecule has 11 heteroatoms. The maximum absolute atomic E-state index is 9.75. The normalized spacial score (nSPS) is 13.1. The van der Waals surface area contributed by atoms with E-state index in [-0.39, 0.29) is 0 Å². The van der Waals surface area contributed by atoms with E-state index in [1.54, 1.807) is 12.1 Å². The second-order valence-corrected chi connectivity index (χ2v) is 5.99. The summed E-state index contributed by atoms with van der Waals surface area (Å²) in [6, 6.07) is 5.31. The molecule has 0 aromatic heterocycles. The lowest BCUT2D eigenvalue weighted by molar-refractivity contribution is 0.109. The van der Waals surface area contributed by atoms with Crippen LogP contribution in [0.1, 0.15) is 39.5 Å². The highest BCUT2D eigenvalue weighted by atomic mass is 19.5. The van der Waals surface area contributed by atoms with Crippen molar-refractivity contribution in [3.63, 3.8) is 0 Å². The first kappa shape index (κ1) is 26.9. The third-order valence-corrected chi connectivity index (χ3v) is 3.41. The van der Waals surface area contributed by atoms with Gasteiger partial charge >= 0.3 is 12.9 Å². The van der Waals surface area contributed by atoms with E-state index < -0.39 is 7.25 Å². The Hall–Kier alpha value is -2.06. The number of unbranched alkanes of at least 4 members (excludes halogenated alkanes) is 2. The number of nitrogens with zero attached hydrogens (tertiary/aromatic N) is 2. The van der Waals surface area contributed by atoms with Gasteiger partial charge in [-0.2, -0.15) is 0 Å². The van der Waals surface area contributed by atoms with Crippen LogP contribution >= 0.6 is 0 Å². The van der Waals surface area contributed by atoms with Crippen LogP contribution in [0, 0.1) is 5.39 Å². The van der Waals surface area contributed by atoms with Crippen molar-refractivity contribution in [3.8, 4) is 11.5 Å². The molecule has 166 valence electrons. The monoisotopic (exact) mass is 423 g/mol. The van der Waals surface area contributed by atoms with Crippen LogP contribution in [0.4, 0.5) is 23.0 Å². The smallest absolute Gasteiger partial charge is 0.493 e. The van der Waals surface area contributed by atoms with Gasteiger partial charge in [0.1, 0.15) is 5.75 Å². The van der Waals surface area contributed by atoms with Gasteiger partial charge in [-0.15, -0.1) is 0 Å². The minimum Gasteiger partial charge on any atom is -0.493 e. The van der Waals surface area contributed by atoms with Gasteiger partial charge in [0, 0.05) is 13.1 Å².